The van der Waals surface area contributed by atoms with Crippen LogP contribution >= 0.6 is 0 Å². The Balaban J connectivity index is 1.33. The van der Waals surface area contributed by atoms with Crippen LogP contribution in [0.1, 0.15) is 48.2 Å². The van der Waals surface area contributed by atoms with Crippen LogP contribution in [0.2, 0.25) is 0 Å². The second-order valence-corrected chi connectivity index (χ2v) is 8.29. The highest BCUT2D eigenvalue weighted by Crippen LogP contribution is 2.31. The number of H-pyrrole nitrogens is 1. The molecule has 0 aliphatic carbocycles. The maximum Gasteiger partial charge on any atom is 0.260 e. The number of para-hydroxylation sites is 1. The number of nitrogens with zero attached hydrogens (tertiary/aromatic N) is 3. The van der Waals surface area contributed by atoms with E-state index in [0.717, 1.165) is 63.2 Å². The van der Waals surface area contributed by atoms with Crippen molar-refractivity contribution in [3.63, 3.8) is 0 Å². The van der Waals surface area contributed by atoms with Gasteiger partial charge in [0.15, 0.2) is 6.61 Å². The molecule has 2 aliphatic heterocycles. The van der Waals surface area contributed by atoms with Crippen molar-refractivity contribution in [3.05, 3.63) is 47.8 Å². The normalized spacial score (nSPS) is 20.2. The van der Waals surface area contributed by atoms with E-state index in [1.807, 2.05) is 47.1 Å². The van der Waals surface area contributed by atoms with Crippen molar-refractivity contribution in [1.29, 1.82) is 0 Å². The molecule has 160 valence electrons. The van der Waals surface area contributed by atoms with E-state index in [2.05, 4.69) is 10.2 Å². The second-order valence-electron chi connectivity index (χ2n) is 8.29. The van der Waals surface area contributed by atoms with Crippen LogP contribution in [-0.4, -0.2) is 64.1 Å². The first-order valence-corrected chi connectivity index (χ1v) is 10.9. The molecule has 1 atom stereocenters. The molecule has 0 saturated carbocycles. The van der Waals surface area contributed by atoms with Gasteiger partial charge >= 0.3 is 0 Å². The van der Waals surface area contributed by atoms with Crippen molar-refractivity contribution in [2.24, 2.45) is 5.92 Å². The maximum atomic E-state index is 12.9. The summed E-state index contributed by atoms with van der Waals surface area (Å²) in [5.41, 5.74) is 1.46. The van der Waals surface area contributed by atoms with Gasteiger partial charge in [0.05, 0.1) is 11.8 Å². The molecular formula is C23H30N4O3. The fourth-order valence-corrected chi connectivity index (χ4v) is 4.73. The highest BCUT2D eigenvalue weighted by atomic mass is 16.5. The van der Waals surface area contributed by atoms with Gasteiger partial charge in [-0.05, 0) is 57.1 Å². The Morgan fingerprint density at radius 1 is 1.10 bits per heavy atom. The van der Waals surface area contributed by atoms with Crippen LogP contribution in [0.3, 0.4) is 0 Å². The average molecular weight is 411 g/mol. The summed E-state index contributed by atoms with van der Waals surface area (Å²) < 4.78 is 5.70. The van der Waals surface area contributed by atoms with Gasteiger partial charge < -0.3 is 14.5 Å². The van der Waals surface area contributed by atoms with Gasteiger partial charge in [-0.3, -0.25) is 14.7 Å². The molecule has 2 saturated heterocycles. The number of benzene rings is 1. The second kappa shape index (κ2) is 9.32. The summed E-state index contributed by atoms with van der Waals surface area (Å²) in [7, 11) is 0. The fraction of sp³-hybridized carbons (Fsp3) is 0.522. The SMILES string of the molecule is Cc1[nH]ncc1C(=O)N1CCC([C@@H]2CCCCN2C(=O)COc2ccccc2)CC1. The van der Waals surface area contributed by atoms with E-state index in [1.165, 1.54) is 0 Å². The van der Waals surface area contributed by atoms with Crippen molar-refractivity contribution >= 4 is 11.8 Å². The molecular weight excluding hydrogens is 380 g/mol. The van der Waals surface area contributed by atoms with E-state index in [1.54, 1.807) is 6.20 Å². The molecule has 3 heterocycles. The molecule has 7 nitrogen and oxygen atoms in total. The number of hydrogen-bond acceptors (Lipinski definition) is 4. The molecule has 2 aromatic rings. The quantitative estimate of drug-likeness (QED) is 0.822. The van der Waals surface area contributed by atoms with Crippen molar-refractivity contribution in [2.45, 2.75) is 45.1 Å². The number of amides is 2. The average Bonchev–Trinajstić information content (AvgIpc) is 3.23. The van der Waals surface area contributed by atoms with Crippen LogP contribution in [0.5, 0.6) is 5.75 Å². The van der Waals surface area contributed by atoms with Crippen molar-refractivity contribution < 1.29 is 14.3 Å². The van der Waals surface area contributed by atoms with Crippen LogP contribution in [0.25, 0.3) is 0 Å². The predicted octanol–water partition coefficient (Wildman–Crippen LogP) is 3.03. The van der Waals surface area contributed by atoms with Crippen molar-refractivity contribution in [2.75, 3.05) is 26.2 Å². The smallest absolute Gasteiger partial charge is 0.260 e. The predicted molar refractivity (Wildman–Crippen MR) is 113 cm³/mol. The van der Waals surface area contributed by atoms with Crippen LogP contribution in [0.4, 0.5) is 0 Å². The summed E-state index contributed by atoms with van der Waals surface area (Å²) in [6.45, 7) is 4.21. The van der Waals surface area contributed by atoms with Gasteiger partial charge in [-0.1, -0.05) is 18.2 Å². The molecule has 2 aliphatic rings. The van der Waals surface area contributed by atoms with Gasteiger partial charge in [0.2, 0.25) is 0 Å². The lowest BCUT2D eigenvalue weighted by atomic mass is 9.83. The third-order valence-corrected chi connectivity index (χ3v) is 6.41. The Labute approximate surface area is 177 Å². The first kappa shape index (κ1) is 20.4. The topological polar surface area (TPSA) is 78.5 Å². The monoisotopic (exact) mass is 410 g/mol. The lowest BCUT2D eigenvalue weighted by molar-refractivity contribution is -0.139. The van der Waals surface area contributed by atoms with Gasteiger partial charge in [-0.25, -0.2) is 0 Å². The first-order valence-electron chi connectivity index (χ1n) is 10.9. The lowest BCUT2D eigenvalue weighted by Crippen LogP contribution is -2.52. The van der Waals surface area contributed by atoms with Gasteiger partial charge in [0.25, 0.3) is 11.8 Å². The van der Waals surface area contributed by atoms with E-state index < -0.39 is 0 Å². The summed E-state index contributed by atoms with van der Waals surface area (Å²) >= 11 is 0. The Hall–Kier alpha value is -2.83. The molecule has 1 aromatic carbocycles. The number of ether oxygens (including phenoxy) is 1. The largest absolute Gasteiger partial charge is 0.484 e. The Morgan fingerprint density at radius 3 is 2.57 bits per heavy atom. The van der Waals surface area contributed by atoms with Crippen molar-refractivity contribution in [3.8, 4) is 5.75 Å². The third-order valence-electron chi connectivity index (χ3n) is 6.41. The minimum absolute atomic E-state index is 0.0486. The molecule has 7 heteroatoms. The number of rotatable bonds is 5. The molecule has 2 fully saturated rings. The summed E-state index contributed by atoms with van der Waals surface area (Å²) in [5, 5.41) is 6.80. The lowest BCUT2D eigenvalue weighted by Gasteiger charge is -2.43. The molecule has 1 aromatic heterocycles. The van der Waals surface area contributed by atoms with Gasteiger partial charge in [-0.15, -0.1) is 0 Å². The zero-order valence-corrected chi connectivity index (χ0v) is 17.5. The summed E-state index contributed by atoms with van der Waals surface area (Å²) in [6.07, 6.45) is 6.70. The number of carbonyl (C=O) groups is 2. The molecule has 4 rings (SSSR count). The molecule has 0 bridgehead atoms. The number of aromatic nitrogens is 2. The highest BCUT2D eigenvalue weighted by Gasteiger charge is 2.36. The number of piperidine rings is 2. The van der Waals surface area contributed by atoms with E-state index in [-0.39, 0.29) is 24.5 Å². The van der Waals surface area contributed by atoms with E-state index >= 15 is 0 Å². The molecule has 1 N–H and O–H groups in total. The highest BCUT2D eigenvalue weighted by molar-refractivity contribution is 5.95. The molecule has 2 amide bonds. The minimum Gasteiger partial charge on any atom is -0.484 e. The number of nitrogens with one attached hydrogen (secondary N) is 1. The zero-order valence-electron chi connectivity index (χ0n) is 17.5. The number of likely N-dealkylation sites (tertiary alicyclic amines) is 2. The van der Waals surface area contributed by atoms with Gasteiger partial charge in [-0.2, -0.15) is 5.10 Å². The van der Waals surface area contributed by atoms with E-state index in [0.29, 0.717) is 11.5 Å². The van der Waals surface area contributed by atoms with E-state index in [9.17, 15) is 9.59 Å². The molecule has 0 unspecified atom stereocenters. The Bertz CT molecular complexity index is 858. The summed E-state index contributed by atoms with van der Waals surface area (Å²) in [5.74, 6) is 1.27. The van der Waals surface area contributed by atoms with Crippen LogP contribution in [-0.2, 0) is 4.79 Å². The zero-order chi connectivity index (χ0) is 20.9. The number of aromatic amines is 1. The maximum absolute atomic E-state index is 12.9. The molecule has 30 heavy (non-hydrogen) atoms. The number of carbonyl (C=O) groups excluding carboxylic acids is 2. The Morgan fingerprint density at radius 2 is 1.87 bits per heavy atom. The fourth-order valence-electron chi connectivity index (χ4n) is 4.73. The first-order chi connectivity index (χ1) is 14.6. The van der Waals surface area contributed by atoms with Gasteiger partial charge in [0, 0.05) is 31.4 Å². The van der Waals surface area contributed by atoms with Crippen LogP contribution in [0, 0.1) is 12.8 Å². The summed E-state index contributed by atoms with van der Waals surface area (Å²) in [6, 6.07) is 9.73. The van der Waals surface area contributed by atoms with Crippen LogP contribution < -0.4 is 4.74 Å². The summed E-state index contributed by atoms with van der Waals surface area (Å²) in [4.78, 5) is 29.6. The van der Waals surface area contributed by atoms with Gasteiger partial charge in [0.1, 0.15) is 5.75 Å². The standard InChI is InChI=1S/C23H30N4O3/c1-17-20(15-24-25-17)23(29)26-13-10-18(11-14-26)21-9-5-6-12-27(21)22(28)16-30-19-7-3-2-4-8-19/h2-4,7-8,15,18,21H,5-6,9-14,16H2,1H3,(H,24,25)/t21-/m0/s1. The molecule has 0 radical (unpaired) electrons. The third kappa shape index (κ3) is 4.50. The van der Waals surface area contributed by atoms with Crippen LogP contribution in [0.15, 0.2) is 36.5 Å². The van der Waals surface area contributed by atoms with E-state index in [4.69, 9.17) is 4.74 Å². The Kier molecular flexibility index (Phi) is 6.35. The minimum atomic E-state index is 0.0486. The number of hydrogen-bond donors (Lipinski definition) is 1. The van der Waals surface area contributed by atoms with Crippen molar-refractivity contribution in [1.82, 2.24) is 20.0 Å². The number of aryl methyl sites for hydroxylation is 1. The molecule has 0 spiro atoms.